The fraction of sp³-hybridized carbons (Fsp3) is 0.348. The van der Waals surface area contributed by atoms with Crippen LogP contribution in [-0.4, -0.2) is 10.1 Å². The summed E-state index contributed by atoms with van der Waals surface area (Å²) < 4.78 is 0. The Morgan fingerprint density at radius 2 is 1.54 bits per heavy atom. The molecule has 0 unspecified atom stereocenters. The van der Waals surface area contributed by atoms with Crippen LogP contribution in [0.3, 0.4) is 0 Å². The van der Waals surface area contributed by atoms with Crippen LogP contribution in [0.5, 0.6) is 5.75 Å². The van der Waals surface area contributed by atoms with Crippen LogP contribution in [0.2, 0.25) is 0 Å². The van der Waals surface area contributed by atoms with Gasteiger partial charge in [-0.25, -0.2) is 0 Å². The zero-order valence-corrected chi connectivity index (χ0v) is 16.5. The van der Waals surface area contributed by atoms with Crippen LogP contribution in [0.1, 0.15) is 52.7 Å². The maximum absolute atomic E-state index is 11.0. The van der Waals surface area contributed by atoms with Crippen LogP contribution >= 0.6 is 0 Å². The molecule has 0 radical (unpaired) electrons. The number of nitrogens with zero attached hydrogens (tertiary/aromatic N) is 1. The van der Waals surface area contributed by atoms with E-state index in [0.717, 1.165) is 27.8 Å². The molecule has 0 aliphatic carbocycles. The Kier molecular flexibility index (Phi) is 4.43. The molecule has 0 amide bonds. The fourth-order valence-corrected chi connectivity index (χ4v) is 3.08. The summed E-state index contributed by atoms with van der Waals surface area (Å²) in [4.78, 5) is 4.51. The monoisotopic (exact) mass is 348 g/mol. The van der Waals surface area contributed by atoms with Crippen LogP contribution in [-0.2, 0) is 10.8 Å². The predicted molar refractivity (Wildman–Crippen MR) is 111 cm³/mol. The predicted octanol–water partition coefficient (Wildman–Crippen LogP) is 6.28. The van der Waals surface area contributed by atoms with Crippen molar-refractivity contribution in [2.75, 3.05) is 5.32 Å². The molecule has 1 heterocycles. The summed E-state index contributed by atoms with van der Waals surface area (Å²) >= 11 is 0. The summed E-state index contributed by atoms with van der Waals surface area (Å²) in [6.45, 7) is 12.9. The van der Waals surface area contributed by atoms with Crippen molar-refractivity contribution in [3.8, 4) is 5.75 Å². The van der Waals surface area contributed by atoms with Gasteiger partial charge in [-0.3, -0.25) is 4.98 Å². The van der Waals surface area contributed by atoms with E-state index >= 15 is 0 Å². The number of fused-ring (bicyclic) bond motifs is 1. The lowest BCUT2D eigenvalue weighted by atomic mass is 9.79. The van der Waals surface area contributed by atoms with Gasteiger partial charge in [0.1, 0.15) is 5.75 Å². The van der Waals surface area contributed by atoms with Crippen molar-refractivity contribution in [3.05, 3.63) is 59.8 Å². The zero-order valence-electron chi connectivity index (χ0n) is 16.5. The van der Waals surface area contributed by atoms with E-state index in [9.17, 15) is 5.11 Å². The quantitative estimate of drug-likeness (QED) is 0.536. The van der Waals surface area contributed by atoms with Crippen molar-refractivity contribution in [1.82, 2.24) is 4.98 Å². The van der Waals surface area contributed by atoms with Crippen molar-refractivity contribution < 1.29 is 5.11 Å². The number of pyridine rings is 1. The Labute approximate surface area is 156 Å². The zero-order chi connectivity index (χ0) is 19.1. The average Bonchev–Trinajstić information content (AvgIpc) is 2.55. The second-order valence-corrected chi connectivity index (χ2v) is 8.93. The van der Waals surface area contributed by atoms with Crippen molar-refractivity contribution in [2.45, 2.75) is 52.4 Å². The number of rotatable bonds is 2. The number of anilines is 2. The lowest BCUT2D eigenvalue weighted by Crippen LogP contribution is -2.17. The number of para-hydroxylation sites is 1. The number of nitrogens with one attached hydrogen (secondary N) is 1. The lowest BCUT2D eigenvalue weighted by molar-refractivity contribution is 0.447. The molecule has 3 nitrogen and oxygen atoms in total. The van der Waals surface area contributed by atoms with Gasteiger partial charge in [-0.2, -0.15) is 0 Å². The van der Waals surface area contributed by atoms with Crippen LogP contribution in [0.25, 0.3) is 10.9 Å². The molecule has 3 aromatic rings. The molecular formula is C23H28N2O. The van der Waals surface area contributed by atoms with E-state index < -0.39 is 0 Å². The van der Waals surface area contributed by atoms with Crippen molar-refractivity contribution in [3.63, 3.8) is 0 Å². The van der Waals surface area contributed by atoms with Gasteiger partial charge < -0.3 is 10.4 Å². The van der Waals surface area contributed by atoms with Gasteiger partial charge in [-0.1, -0.05) is 65.8 Å². The van der Waals surface area contributed by atoms with Crippen molar-refractivity contribution in [2.24, 2.45) is 0 Å². The summed E-state index contributed by atoms with van der Waals surface area (Å²) in [6, 6.07) is 14.2. The van der Waals surface area contributed by atoms with Gasteiger partial charge in [-0.15, -0.1) is 0 Å². The molecule has 0 spiro atoms. The van der Waals surface area contributed by atoms with Gasteiger partial charge in [0.15, 0.2) is 0 Å². The number of hydrogen-bond donors (Lipinski definition) is 2. The Bertz CT molecular complexity index is 941. The summed E-state index contributed by atoms with van der Waals surface area (Å²) in [5.74, 6) is 0.304. The van der Waals surface area contributed by atoms with Crippen LogP contribution < -0.4 is 5.32 Å². The highest BCUT2D eigenvalue weighted by Gasteiger charge is 2.25. The average molecular weight is 348 g/mol. The molecule has 0 aliphatic heterocycles. The number of aromatic hydroxyl groups is 1. The molecule has 26 heavy (non-hydrogen) atoms. The number of aromatic nitrogens is 1. The van der Waals surface area contributed by atoms with Gasteiger partial charge in [0.05, 0.1) is 16.9 Å². The largest absolute Gasteiger partial charge is 0.505 e. The minimum Gasteiger partial charge on any atom is -0.505 e. The van der Waals surface area contributed by atoms with E-state index in [4.69, 9.17) is 0 Å². The SMILES string of the molecule is CC(C)(C)c1cc(Nc2cccc3cccnc23)c(O)c(C(C)(C)C)c1. The first-order valence-corrected chi connectivity index (χ1v) is 9.06. The number of benzene rings is 2. The summed E-state index contributed by atoms with van der Waals surface area (Å²) in [5, 5.41) is 15.5. The lowest BCUT2D eigenvalue weighted by Gasteiger charge is -2.28. The standard InChI is InChI=1S/C23H28N2O/c1-22(2,3)16-13-17(23(4,5)6)21(26)19(14-16)25-18-11-7-9-15-10-8-12-24-20(15)18/h7-14,25-26H,1-6H3. The van der Waals surface area contributed by atoms with Gasteiger partial charge in [0.25, 0.3) is 0 Å². The summed E-state index contributed by atoms with van der Waals surface area (Å²) in [6.07, 6.45) is 1.79. The molecule has 0 aliphatic rings. The second-order valence-electron chi connectivity index (χ2n) is 8.93. The molecule has 0 atom stereocenters. The molecule has 3 rings (SSSR count). The maximum atomic E-state index is 11.0. The molecular weight excluding hydrogens is 320 g/mol. The van der Waals surface area contributed by atoms with Crippen molar-refractivity contribution >= 4 is 22.3 Å². The van der Waals surface area contributed by atoms with Crippen molar-refractivity contribution in [1.29, 1.82) is 0 Å². The summed E-state index contributed by atoms with van der Waals surface area (Å²) in [7, 11) is 0. The molecule has 0 fully saturated rings. The van der Waals surface area contributed by atoms with Crippen LogP contribution in [0.4, 0.5) is 11.4 Å². The highest BCUT2D eigenvalue weighted by Crippen LogP contribution is 2.41. The molecule has 0 saturated heterocycles. The third kappa shape index (κ3) is 3.52. The Morgan fingerprint density at radius 1 is 0.846 bits per heavy atom. The van der Waals surface area contributed by atoms with E-state index in [1.54, 1.807) is 6.20 Å². The first-order valence-electron chi connectivity index (χ1n) is 9.06. The maximum Gasteiger partial charge on any atom is 0.142 e. The van der Waals surface area contributed by atoms with Crippen LogP contribution in [0, 0.1) is 0 Å². The molecule has 3 heteroatoms. The third-order valence-electron chi connectivity index (χ3n) is 4.69. The van der Waals surface area contributed by atoms with E-state index in [0.29, 0.717) is 5.75 Å². The second kappa shape index (κ2) is 6.31. The number of phenolic OH excluding ortho intramolecular Hbond substituents is 1. The van der Waals surface area contributed by atoms with Crippen LogP contribution in [0.15, 0.2) is 48.7 Å². The number of phenols is 1. The Balaban J connectivity index is 2.18. The van der Waals surface area contributed by atoms with E-state index in [2.05, 4.69) is 57.9 Å². The first kappa shape index (κ1) is 18.2. The normalized spacial score (nSPS) is 12.4. The molecule has 2 aromatic carbocycles. The smallest absolute Gasteiger partial charge is 0.142 e. The molecule has 0 bridgehead atoms. The summed E-state index contributed by atoms with van der Waals surface area (Å²) in [5.41, 5.74) is 4.48. The Hall–Kier alpha value is -2.55. The van der Waals surface area contributed by atoms with E-state index in [1.165, 1.54) is 5.56 Å². The van der Waals surface area contributed by atoms with E-state index in [1.807, 2.05) is 36.4 Å². The Morgan fingerprint density at radius 3 is 2.19 bits per heavy atom. The van der Waals surface area contributed by atoms with Gasteiger partial charge in [0.2, 0.25) is 0 Å². The van der Waals surface area contributed by atoms with Gasteiger partial charge in [0, 0.05) is 17.1 Å². The molecule has 1 aromatic heterocycles. The highest BCUT2D eigenvalue weighted by atomic mass is 16.3. The molecule has 0 saturated carbocycles. The number of hydrogen-bond acceptors (Lipinski definition) is 3. The molecule has 2 N–H and O–H groups in total. The molecule has 136 valence electrons. The highest BCUT2D eigenvalue weighted by molar-refractivity contribution is 5.92. The first-order chi connectivity index (χ1) is 12.1. The van der Waals surface area contributed by atoms with E-state index in [-0.39, 0.29) is 10.8 Å². The minimum absolute atomic E-state index is 0.0128. The fourth-order valence-electron chi connectivity index (χ4n) is 3.08. The van der Waals surface area contributed by atoms with Gasteiger partial charge in [-0.05, 0) is 34.6 Å². The minimum atomic E-state index is -0.154. The van der Waals surface area contributed by atoms with Gasteiger partial charge >= 0.3 is 0 Å². The third-order valence-corrected chi connectivity index (χ3v) is 4.69. The topological polar surface area (TPSA) is 45.2 Å².